The van der Waals surface area contributed by atoms with Crippen molar-refractivity contribution in [3.05, 3.63) is 16.1 Å². The highest BCUT2D eigenvalue weighted by molar-refractivity contribution is 7.09. The molecule has 0 bridgehead atoms. The van der Waals surface area contributed by atoms with E-state index >= 15 is 0 Å². The van der Waals surface area contributed by atoms with Gasteiger partial charge in [-0.2, -0.15) is 0 Å². The van der Waals surface area contributed by atoms with Crippen molar-refractivity contribution in [3.8, 4) is 0 Å². The van der Waals surface area contributed by atoms with Gasteiger partial charge in [0.2, 0.25) is 0 Å². The van der Waals surface area contributed by atoms with Crippen LogP contribution in [-0.4, -0.2) is 55.6 Å². The number of piperidine rings is 1. The maximum Gasteiger partial charge on any atom is 0.191 e. The van der Waals surface area contributed by atoms with Crippen LogP contribution < -0.4 is 10.6 Å². The zero-order chi connectivity index (χ0) is 15.6. The van der Waals surface area contributed by atoms with E-state index in [0.717, 1.165) is 38.4 Å². The van der Waals surface area contributed by atoms with E-state index < -0.39 is 0 Å². The van der Waals surface area contributed by atoms with Gasteiger partial charge < -0.3 is 15.5 Å². The second-order valence-corrected chi connectivity index (χ2v) is 6.61. The maximum atomic E-state index is 4.59. The van der Waals surface area contributed by atoms with Gasteiger partial charge in [-0.05, 0) is 32.4 Å². The Morgan fingerprint density at radius 2 is 2.05 bits per heavy atom. The molecule has 0 aromatic carbocycles. The number of aliphatic imine (C=N–C) groups is 1. The molecule has 2 N–H and O–H groups in total. The first-order chi connectivity index (χ1) is 10.8. The number of thiazole rings is 1. The minimum Gasteiger partial charge on any atom is -0.356 e. The third-order valence-corrected chi connectivity index (χ3v) is 5.01. The third kappa shape index (κ3) is 5.93. The number of likely N-dealkylation sites (tertiary alicyclic amines) is 1. The van der Waals surface area contributed by atoms with Crippen LogP contribution in [0.4, 0.5) is 0 Å². The first kappa shape index (κ1) is 17.2. The standard InChI is InChI=1S/C16H29N5S/c1-3-15-20-14(13-22-15)7-8-18-16(17-2)19-9-12-21-10-5-4-6-11-21/h13H,3-12H2,1-2H3,(H2,17,18,19). The summed E-state index contributed by atoms with van der Waals surface area (Å²) in [6.07, 6.45) is 6.06. The topological polar surface area (TPSA) is 52.6 Å². The zero-order valence-corrected chi connectivity index (χ0v) is 14.7. The minimum atomic E-state index is 0.871. The number of hydrogen-bond acceptors (Lipinski definition) is 4. The summed E-state index contributed by atoms with van der Waals surface area (Å²) in [5.74, 6) is 0.892. The Morgan fingerprint density at radius 3 is 2.73 bits per heavy atom. The summed E-state index contributed by atoms with van der Waals surface area (Å²) in [5, 5.41) is 10.1. The van der Waals surface area contributed by atoms with Crippen LogP contribution in [-0.2, 0) is 12.8 Å². The van der Waals surface area contributed by atoms with Crippen molar-refractivity contribution in [2.45, 2.75) is 39.0 Å². The Kier molecular flexibility index (Phi) is 7.66. The molecule has 6 heteroatoms. The normalized spacial score (nSPS) is 16.7. The molecule has 1 aliphatic rings. The van der Waals surface area contributed by atoms with Crippen molar-refractivity contribution in [1.29, 1.82) is 0 Å². The summed E-state index contributed by atoms with van der Waals surface area (Å²) < 4.78 is 0. The Bertz CT molecular complexity index is 451. The molecule has 1 fully saturated rings. The van der Waals surface area contributed by atoms with Crippen LogP contribution in [0.3, 0.4) is 0 Å². The molecule has 1 saturated heterocycles. The fraction of sp³-hybridized carbons (Fsp3) is 0.750. The SMILES string of the molecule is CCc1nc(CCNC(=NC)NCCN2CCCCC2)cs1. The van der Waals surface area contributed by atoms with E-state index in [2.05, 4.69) is 37.8 Å². The lowest BCUT2D eigenvalue weighted by molar-refractivity contribution is 0.232. The fourth-order valence-electron chi connectivity index (χ4n) is 2.67. The molecule has 0 amide bonds. The molecule has 0 saturated carbocycles. The molecule has 2 heterocycles. The number of aryl methyl sites for hydroxylation is 1. The highest BCUT2D eigenvalue weighted by Crippen LogP contribution is 2.10. The van der Waals surface area contributed by atoms with Crippen molar-refractivity contribution in [3.63, 3.8) is 0 Å². The molecule has 0 atom stereocenters. The molecule has 0 unspecified atom stereocenters. The van der Waals surface area contributed by atoms with Crippen molar-refractivity contribution in [1.82, 2.24) is 20.5 Å². The average molecular weight is 324 g/mol. The summed E-state index contributed by atoms with van der Waals surface area (Å²) in [6.45, 7) is 7.57. The summed E-state index contributed by atoms with van der Waals surface area (Å²) in [4.78, 5) is 11.4. The third-order valence-electron chi connectivity index (χ3n) is 3.97. The number of aromatic nitrogens is 1. The van der Waals surface area contributed by atoms with Gasteiger partial charge in [-0.1, -0.05) is 13.3 Å². The Labute approximate surface area is 138 Å². The summed E-state index contributed by atoms with van der Waals surface area (Å²) in [6, 6.07) is 0. The number of nitrogens with one attached hydrogen (secondary N) is 2. The van der Waals surface area contributed by atoms with Gasteiger partial charge in [0.15, 0.2) is 5.96 Å². The van der Waals surface area contributed by atoms with Crippen LogP contribution >= 0.6 is 11.3 Å². The van der Waals surface area contributed by atoms with Gasteiger partial charge in [0, 0.05) is 38.5 Å². The molecule has 0 spiro atoms. The molecule has 1 aromatic rings. The largest absolute Gasteiger partial charge is 0.356 e. The summed E-state index contributed by atoms with van der Waals surface area (Å²) in [5.41, 5.74) is 1.18. The summed E-state index contributed by atoms with van der Waals surface area (Å²) in [7, 11) is 1.83. The van der Waals surface area contributed by atoms with Gasteiger partial charge >= 0.3 is 0 Å². The van der Waals surface area contributed by atoms with Gasteiger partial charge in [0.1, 0.15) is 0 Å². The van der Waals surface area contributed by atoms with Crippen LogP contribution in [0.2, 0.25) is 0 Å². The smallest absolute Gasteiger partial charge is 0.191 e. The van der Waals surface area contributed by atoms with E-state index in [4.69, 9.17) is 0 Å². The second kappa shape index (κ2) is 9.79. The molecule has 0 aliphatic carbocycles. The molecule has 1 aromatic heterocycles. The molecule has 22 heavy (non-hydrogen) atoms. The Morgan fingerprint density at radius 1 is 1.27 bits per heavy atom. The van der Waals surface area contributed by atoms with Crippen molar-refractivity contribution in [2.75, 3.05) is 39.8 Å². The van der Waals surface area contributed by atoms with E-state index in [-0.39, 0.29) is 0 Å². The van der Waals surface area contributed by atoms with Gasteiger partial charge in [0.05, 0.1) is 10.7 Å². The van der Waals surface area contributed by atoms with Gasteiger partial charge in [0.25, 0.3) is 0 Å². The molecule has 2 rings (SSSR count). The first-order valence-electron chi connectivity index (χ1n) is 8.42. The molecule has 124 valence electrons. The number of guanidine groups is 1. The van der Waals surface area contributed by atoms with Crippen LogP contribution in [0.5, 0.6) is 0 Å². The van der Waals surface area contributed by atoms with Crippen molar-refractivity contribution >= 4 is 17.3 Å². The number of rotatable bonds is 7. The van der Waals surface area contributed by atoms with E-state index in [9.17, 15) is 0 Å². The van der Waals surface area contributed by atoms with Gasteiger partial charge in [-0.25, -0.2) is 4.98 Å². The highest BCUT2D eigenvalue weighted by Gasteiger charge is 2.09. The second-order valence-electron chi connectivity index (χ2n) is 5.66. The Hall–Kier alpha value is -1.14. The molecular formula is C16H29N5S. The predicted molar refractivity (Wildman–Crippen MR) is 94.9 cm³/mol. The van der Waals surface area contributed by atoms with E-state index in [1.54, 1.807) is 11.3 Å². The average Bonchev–Trinajstić information content (AvgIpc) is 3.02. The van der Waals surface area contributed by atoms with Crippen LogP contribution in [0.15, 0.2) is 10.4 Å². The van der Waals surface area contributed by atoms with Crippen molar-refractivity contribution < 1.29 is 0 Å². The predicted octanol–water partition coefficient (Wildman–Crippen LogP) is 1.90. The highest BCUT2D eigenvalue weighted by atomic mass is 32.1. The van der Waals surface area contributed by atoms with Crippen LogP contribution in [0, 0.1) is 0 Å². The molecule has 5 nitrogen and oxygen atoms in total. The lowest BCUT2D eigenvalue weighted by atomic mass is 10.1. The Balaban J connectivity index is 1.60. The molecular weight excluding hydrogens is 294 g/mol. The minimum absolute atomic E-state index is 0.871. The van der Waals surface area contributed by atoms with Crippen molar-refractivity contribution in [2.24, 2.45) is 4.99 Å². The van der Waals surface area contributed by atoms with Gasteiger partial charge in [-0.15, -0.1) is 11.3 Å². The number of hydrogen-bond donors (Lipinski definition) is 2. The zero-order valence-electron chi connectivity index (χ0n) is 13.9. The van der Waals surface area contributed by atoms with E-state index in [1.807, 2.05) is 7.05 Å². The first-order valence-corrected chi connectivity index (χ1v) is 9.30. The maximum absolute atomic E-state index is 4.59. The summed E-state index contributed by atoms with van der Waals surface area (Å²) >= 11 is 1.75. The lowest BCUT2D eigenvalue weighted by Gasteiger charge is -2.26. The van der Waals surface area contributed by atoms with Gasteiger partial charge in [-0.3, -0.25) is 4.99 Å². The van der Waals surface area contributed by atoms with Crippen LogP contribution in [0.1, 0.15) is 36.9 Å². The fourth-order valence-corrected chi connectivity index (χ4v) is 3.45. The lowest BCUT2D eigenvalue weighted by Crippen LogP contribution is -2.43. The molecule has 1 aliphatic heterocycles. The van der Waals surface area contributed by atoms with E-state index in [1.165, 1.54) is 43.1 Å². The number of nitrogens with zero attached hydrogens (tertiary/aromatic N) is 3. The monoisotopic (exact) mass is 323 g/mol. The van der Waals surface area contributed by atoms with Crippen LogP contribution in [0.25, 0.3) is 0 Å². The molecule has 0 radical (unpaired) electrons. The quantitative estimate of drug-likeness (QED) is 0.594. The van der Waals surface area contributed by atoms with E-state index in [0.29, 0.717) is 0 Å².